The second kappa shape index (κ2) is 7.97. The predicted octanol–water partition coefficient (Wildman–Crippen LogP) is 1.54. The number of rotatable bonds is 6. The number of amides is 1. The van der Waals surface area contributed by atoms with E-state index in [2.05, 4.69) is 26.9 Å². The third-order valence-corrected chi connectivity index (χ3v) is 4.47. The van der Waals surface area contributed by atoms with Crippen LogP contribution in [0.3, 0.4) is 0 Å². The molecule has 1 fully saturated rings. The lowest BCUT2D eigenvalue weighted by atomic mass is 10.2. The maximum atomic E-state index is 12.4. The van der Waals surface area contributed by atoms with Crippen LogP contribution in [-0.2, 0) is 17.8 Å². The molecular weight excluding hydrogens is 302 g/mol. The second-order valence-electron chi connectivity index (χ2n) is 6.18. The Balaban J connectivity index is 1.46. The van der Waals surface area contributed by atoms with Gasteiger partial charge in [0.2, 0.25) is 5.91 Å². The third-order valence-electron chi connectivity index (χ3n) is 4.47. The minimum atomic E-state index is 0.215. The number of carbonyl (C=O) groups is 1. The van der Waals surface area contributed by atoms with E-state index in [1.165, 1.54) is 0 Å². The molecular formula is C18H23N5O. The first kappa shape index (κ1) is 16.5. The summed E-state index contributed by atoms with van der Waals surface area (Å²) in [5.41, 5.74) is 0.972. The Hall–Kier alpha value is -2.34. The molecule has 1 atom stereocenters. The zero-order valence-electron chi connectivity index (χ0n) is 14.0. The van der Waals surface area contributed by atoms with Gasteiger partial charge in [-0.15, -0.1) is 0 Å². The smallest absolute Gasteiger partial charge is 0.223 e. The molecule has 6 nitrogen and oxygen atoms in total. The van der Waals surface area contributed by atoms with Crippen LogP contribution in [0, 0.1) is 0 Å². The zero-order chi connectivity index (χ0) is 16.8. The van der Waals surface area contributed by atoms with E-state index in [0.717, 1.165) is 31.0 Å². The van der Waals surface area contributed by atoms with Gasteiger partial charge in [0.15, 0.2) is 0 Å². The average Bonchev–Trinajstić information content (AvgIpc) is 3.12. The van der Waals surface area contributed by atoms with Crippen LogP contribution in [0.2, 0.25) is 0 Å². The van der Waals surface area contributed by atoms with E-state index in [1.807, 2.05) is 29.2 Å². The van der Waals surface area contributed by atoms with Crippen molar-refractivity contribution in [2.24, 2.45) is 0 Å². The summed E-state index contributed by atoms with van der Waals surface area (Å²) in [4.78, 5) is 29.4. The molecule has 2 aromatic rings. The van der Waals surface area contributed by atoms with Crippen LogP contribution in [0.5, 0.6) is 0 Å². The normalized spacial score (nSPS) is 17.4. The van der Waals surface area contributed by atoms with Crippen LogP contribution < -0.4 is 0 Å². The van der Waals surface area contributed by atoms with Crippen molar-refractivity contribution in [3.8, 4) is 0 Å². The summed E-state index contributed by atoms with van der Waals surface area (Å²) in [7, 11) is 2.07. The Morgan fingerprint density at radius 1 is 1.21 bits per heavy atom. The molecule has 0 radical (unpaired) electrons. The van der Waals surface area contributed by atoms with Gasteiger partial charge in [-0.2, -0.15) is 0 Å². The molecule has 0 N–H and O–H groups in total. The third kappa shape index (κ3) is 4.35. The number of aryl methyl sites for hydroxylation is 1. The minimum Gasteiger partial charge on any atom is -0.341 e. The molecule has 0 bridgehead atoms. The highest BCUT2D eigenvalue weighted by molar-refractivity contribution is 5.76. The number of carbonyl (C=O) groups excluding carboxylic acids is 1. The van der Waals surface area contributed by atoms with Gasteiger partial charge in [0.25, 0.3) is 0 Å². The number of aromatic nitrogens is 3. The summed E-state index contributed by atoms with van der Waals surface area (Å²) in [5.74, 6) is 1.03. The van der Waals surface area contributed by atoms with Crippen LogP contribution in [-0.4, -0.2) is 56.8 Å². The van der Waals surface area contributed by atoms with Crippen molar-refractivity contribution in [3.05, 3.63) is 54.4 Å². The molecule has 0 aliphatic carbocycles. The number of likely N-dealkylation sites (tertiary alicyclic amines) is 1. The Kier molecular flexibility index (Phi) is 5.48. The van der Waals surface area contributed by atoms with Crippen LogP contribution >= 0.6 is 0 Å². The van der Waals surface area contributed by atoms with Gasteiger partial charge in [0, 0.05) is 49.8 Å². The lowest BCUT2D eigenvalue weighted by Crippen LogP contribution is -2.36. The molecule has 1 aliphatic heterocycles. The maximum absolute atomic E-state index is 12.4. The zero-order valence-corrected chi connectivity index (χ0v) is 14.0. The summed E-state index contributed by atoms with van der Waals surface area (Å²) in [6.45, 7) is 2.32. The Morgan fingerprint density at radius 2 is 2.00 bits per heavy atom. The fourth-order valence-corrected chi connectivity index (χ4v) is 3.03. The molecule has 24 heavy (non-hydrogen) atoms. The molecule has 1 aliphatic rings. The SMILES string of the molecule is CN(Cc1ncccn1)[C@@H]1CCN(C(=O)CCc2ccccn2)C1. The summed E-state index contributed by atoms with van der Waals surface area (Å²) in [5, 5.41) is 0. The summed E-state index contributed by atoms with van der Waals surface area (Å²) < 4.78 is 0. The summed E-state index contributed by atoms with van der Waals surface area (Å²) >= 11 is 0. The molecule has 1 saturated heterocycles. The first-order chi connectivity index (χ1) is 11.7. The molecule has 0 aromatic carbocycles. The van der Waals surface area contributed by atoms with Crippen LogP contribution in [0.15, 0.2) is 42.9 Å². The van der Waals surface area contributed by atoms with Gasteiger partial charge in [-0.1, -0.05) is 6.07 Å². The van der Waals surface area contributed by atoms with Gasteiger partial charge in [-0.25, -0.2) is 9.97 Å². The predicted molar refractivity (Wildman–Crippen MR) is 91.0 cm³/mol. The lowest BCUT2D eigenvalue weighted by molar-refractivity contribution is -0.130. The number of pyridine rings is 1. The first-order valence-electron chi connectivity index (χ1n) is 8.36. The van der Waals surface area contributed by atoms with Gasteiger partial charge in [-0.3, -0.25) is 14.7 Å². The Morgan fingerprint density at radius 3 is 2.75 bits per heavy atom. The van der Waals surface area contributed by atoms with Crippen molar-refractivity contribution in [1.29, 1.82) is 0 Å². The standard InChI is InChI=1S/C18H23N5O/c1-22(14-17-20-10-4-11-21-17)16-8-12-23(13-16)18(24)7-6-15-5-2-3-9-19-15/h2-5,9-11,16H,6-8,12-14H2,1H3/t16-/m1/s1. The number of likely N-dealkylation sites (N-methyl/N-ethyl adjacent to an activating group) is 1. The van der Waals surface area contributed by atoms with Crippen molar-refractivity contribution in [2.75, 3.05) is 20.1 Å². The minimum absolute atomic E-state index is 0.215. The van der Waals surface area contributed by atoms with Gasteiger partial charge in [-0.05, 0) is 38.1 Å². The van der Waals surface area contributed by atoms with Crippen molar-refractivity contribution in [3.63, 3.8) is 0 Å². The quantitative estimate of drug-likeness (QED) is 0.806. The highest BCUT2D eigenvalue weighted by atomic mass is 16.2. The lowest BCUT2D eigenvalue weighted by Gasteiger charge is -2.24. The van der Waals surface area contributed by atoms with E-state index in [9.17, 15) is 4.79 Å². The van der Waals surface area contributed by atoms with E-state index in [4.69, 9.17) is 0 Å². The Bertz CT molecular complexity index is 649. The second-order valence-corrected chi connectivity index (χ2v) is 6.18. The van der Waals surface area contributed by atoms with E-state index >= 15 is 0 Å². The highest BCUT2D eigenvalue weighted by Gasteiger charge is 2.28. The van der Waals surface area contributed by atoms with Crippen molar-refractivity contribution in [1.82, 2.24) is 24.8 Å². The van der Waals surface area contributed by atoms with E-state index in [0.29, 0.717) is 25.4 Å². The molecule has 3 rings (SSSR count). The number of nitrogens with zero attached hydrogens (tertiary/aromatic N) is 5. The van der Waals surface area contributed by atoms with E-state index in [-0.39, 0.29) is 5.91 Å². The molecule has 1 amide bonds. The van der Waals surface area contributed by atoms with Gasteiger partial charge >= 0.3 is 0 Å². The first-order valence-corrected chi connectivity index (χ1v) is 8.36. The molecule has 6 heteroatoms. The largest absolute Gasteiger partial charge is 0.341 e. The Labute approximate surface area is 142 Å². The molecule has 0 saturated carbocycles. The average molecular weight is 325 g/mol. The van der Waals surface area contributed by atoms with Crippen LogP contribution in [0.4, 0.5) is 0 Å². The van der Waals surface area contributed by atoms with Gasteiger partial charge in [0.1, 0.15) is 5.82 Å². The monoisotopic (exact) mass is 325 g/mol. The van der Waals surface area contributed by atoms with E-state index in [1.54, 1.807) is 18.6 Å². The molecule has 0 unspecified atom stereocenters. The molecule has 126 valence electrons. The van der Waals surface area contributed by atoms with Crippen molar-refractivity contribution < 1.29 is 4.79 Å². The molecule has 0 spiro atoms. The van der Waals surface area contributed by atoms with Gasteiger partial charge < -0.3 is 4.90 Å². The fraction of sp³-hybridized carbons (Fsp3) is 0.444. The number of hydrogen-bond donors (Lipinski definition) is 0. The highest BCUT2D eigenvalue weighted by Crippen LogP contribution is 2.17. The maximum Gasteiger partial charge on any atom is 0.223 e. The van der Waals surface area contributed by atoms with Crippen LogP contribution in [0.25, 0.3) is 0 Å². The van der Waals surface area contributed by atoms with Crippen molar-refractivity contribution >= 4 is 5.91 Å². The summed E-state index contributed by atoms with van der Waals surface area (Å²) in [6.07, 6.45) is 7.52. The van der Waals surface area contributed by atoms with E-state index < -0.39 is 0 Å². The van der Waals surface area contributed by atoms with Gasteiger partial charge in [0.05, 0.1) is 6.54 Å². The molecule has 3 heterocycles. The van der Waals surface area contributed by atoms with Crippen LogP contribution in [0.1, 0.15) is 24.4 Å². The fourth-order valence-electron chi connectivity index (χ4n) is 3.03. The van der Waals surface area contributed by atoms with Crippen molar-refractivity contribution in [2.45, 2.75) is 31.8 Å². The molecule has 2 aromatic heterocycles. The topological polar surface area (TPSA) is 62.2 Å². The summed E-state index contributed by atoms with van der Waals surface area (Å²) in [6, 6.07) is 8.00. The number of hydrogen-bond acceptors (Lipinski definition) is 5.